The fourth-order valence-electron chi connectivity index (χ4n) is 0.385. The van der Waals surface area contributed by atoms with E-state index in [9.17, 15) is 14.4 Å². The number of rotatable bonds is 8. The van der Waals surface area contributed by atoms with Gasteiger partial charge in [0.1, 0.15) is 17.8 Å². The van der Waals surface area contributed by atoms with Crippen LogP contribution < -0.4 is 17.2 Å². The standard InChI is InChI=1S/C6H12N2O4S2.C3H5NO2/c7-3(5(9)10)1-13-14-2-4(8)6(11)12;1-2(4)3(5)6/h3-4H,1-2,7-8H2,(H,9,10)(H,11,12);1,4H2,(H,5,6). The zero-order valence-electron chi connectivity index (χ0n) is 10.4. The van der Waals surface area contributed by atoms with Crippen molar-refractivity contribution in [1.29, 1.82) is 0 Å². The van der Waals surface area contributed by atoms with Gasteiger partial charge in [0, 0.05) is 11.5 Å². The van der Waals surface area contributed by atoms with Gasteiger partial charge < -0.3 is 32.5 Å². The molecule has 0 saturated heterocycles. The van der Waals surface area contributed by atoms with Crippen LogP contribution in [0.4, 0.5) is 0 Å². The lowest BCUT2D eigenvalue weighted by atomic mass is 10.4. The van der Waals surface area contributed by atoms with Gasteiger partial charge in [0.2, 0.25) is 0 Å². The minimum absolute atomic E-state index is 0.229. The SMILES string of the molecule is C=C(N)C(=O)O.NC(CSSCC(N)C(=O)O)C(=O)O. The van der Waals surface area contributed by atoms with Crippen LogP contribution in [0.25, 0.3) is 0 Å². The molecule has 0 bridgehead atoms. The van der Waals surface area contributed by atoms with E-state index in [4.69, 9.17) is 26.8 Å². The summed E-state index contributed by atoms with van der Waals surface area (Å²) in [6.45, 7) is 2.93. The van der Waals surface area contributed by atoms with Gasteiger partial charge in [0.15, 0.2) is 0 Å². The van der Waals surface area contributed by atoms with Crippen molar-refractivity contribution in [1.82, 2.24) is 0 Å². The second-order valence-electron chi connectivity index (χ2n) is 3.29. The molecule has 11 heteroatoms. The van der Waals surface area contributed by atoms with E-state index in [1.54, 1.807) is 0 Å². The fourth-order valence-corrected chi connectivity index (χ4v) is 2.61. The maximum atomic E-state index is 10.3. The molecule has 9 nitrogen and oxygen atoms in total. The predicted molar refractivity (Wildman–Crippen MR) is 77.1 cm³/mol. The van der Waals surface area contributed by atoms with Gasteiger partial charge in [-0.2, -0.15) is 0 Å². The van der Waals surface area contributed by atoms with Crippen LogP contribution in [0.15, 0.2) is 12.3 Å². The molecular weight excluding hydrogens is 310 g/mol. The highest BCUT2D eigenvalue weighted by atomic mass is 33.1. The smallest absolute Gasteiger partial charge is 0.351 e. The Morgan fingerprint density at radius 2 is 1.20 bits per heavy atom. The lowest BCUT2D eigenvalue weighted by Crippen LogP contribution is -2.33. The van der Waals surface area contributed by atoms with E-state index in [2.05, 4.69) is 12.3 Å². The normalized spacial score (nSPS) is 12.5. The molecule has 2 atom stereocenters. The van der Waals surface area contributed by atoms with Crippen LogP contribution in [-0.4, -0.2) is 56.8 Å². The number of carbonyl (C=O) groups is 3. The monoisotopic (exact) mass is 327 g/mol. The third-order valence-electron chi connectivity index (χ3n) is 1.49. The van der Waals surface area contributed by atoms with Crippen LogP contribution in [0, 0.1) is 0 Å². The molecule has 0 amide bonds. The van der Waals surface area contributed by atoms with Crippen LogP contribution in [0.3, 0.4) is 0 Å². The first-order chi connectivity index (χ1) is 9.09. The molecule has 9 N–H and O–H groups in total. The number of aliphatic carboxylic acids is 3. The van der Waals surface area contributed by atoms with Crippen molar-refractivity contribution in [3.05, 3.63) is 12.3 Å². The first kappa shape index (κ1) is 20.9. The summed E-state index contributed by atoms with van der Waals surface area (Å²) in [6.07, 6.45) is 0. The van der Waals surface area contributed by atoms with Gasteiger partial charge >= 0.3 is 17.9 Å². The quantitative estimate of drug-likeness (QED) is 0.177. The number of nitrogens with two attached hydrogens (primary N) is 3. The molecule has 0 aliphatic carbocycles. The number of carboxylic acid groups (broad SMARTS) is 3. The first-order valence-corrected chi connectivity index (χ1v) is 7.47. The van der Waals surface area contributed by atoms with Crippen molar-refractivity contribution >= 4 is 39.5 Å². The van der Waals surface area contributed by atoms with Crippen molar-refractivity contribution in [3.8, 4) is 0 Å². The van der Waals surface area contributed by atoms with Crippen molar-refractivity contribution in [2.24, 2.45) is 17.2 Å². The summed E-state index contributed by atoms with van der Waals surface area (Å²) in [5, 5.41) is 24.6. The molecule has 0 saturated carbocycles. The fraction of sp³-hybridized carbons (Fsp3) is 0.444. The summed E-state index contributed by atoms with van der Waals surface area (Å²) in [5.74, 6) is -2.84. The van der Waals surface area contributed by atoms with Crippen molar-refractivity contribution in [2.45, 2.75) is 12.1 Å². The first-order valence-electron chi connectivity index (χ1n) is 4.98. The van der Waals surface area contributed by atoms with Gasteiger partial charge in [-0.05, 0) is 0 Å². The third-order valence-corrected chi connectivity index (χ3v) is 3.96. The Balaban J connectivity index is 0. The Hall–Kier alpha value is -1.43. The van der Waals surface area contributed by atoms with E-state index >= 15 is 0 Å². The molecule has 116 valence electrons. The van der Waals surface area contributed by atoms with Gasteiger partial charge in [0.25, 0.3) is 0 Å². The molecular formula is C9H17N3O6S2. The summed E-state index contributed by atoms with van der Waals surface area (Å²) < 4.78 is 0. The number of hydrogen-bond donors (Lipinski definition) is 6. The second-order valence-corrected chi connectivity index (χ2v) is 5.84. The summed E-state index contributed by atoms with van der Waals surface area (Å²) in [4.78, 5) is 30.0. The Labute approximate surface area is 123 Å². The average Bonchev–Trinajstić information content (AvgIpc) is 2.34. The minimum Gasteiger partial charge on any atom is -0.480 e. The Kier molecular flexibility index (Phi) is 11.9. The zero-order valence-corrected chi connectivity index (χ0v) is 12.0. The Morgan fingerprint density at radius 1 is 0.950 bits per heavy atom. The van der Waals surface area contributed by atoms with Gasteiger partial charge in [-0.25, -0.2) is 4.79 Å². The highest BCUT2D eigenvalue weighted by Gasteiger charge is 2.14. The number of carboxylic acids is 3. The molecule has 2 unspecified atom stereocenters. The summed E-state index contributed by atoms with van der Waals surface area (Å²) >= 11 is 0. The van der Waals surface area contributed by atoms with Crippen molar-refractivity contribution < 1.29 is 29.7 Å². The maximum Gasteiger partial charge on any atom is 0.351 e. The van der Waals surface area contributed by atoms with E-state index < -0.39 is 30.0 Å². The lowest BCUT2D eigenvalue weighted by Gasteiger charge is -2.07. The van der Waals surface area contributed by atoms with E-state index in [-0.39, 0.29) is 17.2 Å². The van der Waals surface area contributed by atoms with E-state index in [0.29, 0.717) is 0 Å². The minimum atomic E-state index is -1.16. The second kappa shape index (κ2) is 11.4. The van der Waals surface area contributed by atoms with Gasteiger partial charge in [-0.3, -0.25) is 9.59 Å². The van der Waals surface area contributed by atoms with Crippen LogP contribution in [0.1, 0.15) is 0 Å². The molecule has 0 aromatic rings. The molecule has 0 aliphatic heterocycles. The van der Waals surface area contributed by atoms with Crippen LogP contribution in [-0.2, 0) is 14.4 Å². The van der Waals surface area contributed by atoms with E-state index in [1.165, 1.54) is 21.6 Å². The maximum absolute atomic E-state index is 10.3. The van der Waals surface area contributed by atoms with Crippen LogP contribution in [0.2, 0.25) is 0 Å². The van der Waals surface area contributed by atoms with Crippen LogP contribution >= 0.6 is 21.6 Å². The molecule has 0 aromatic carbocycles. The molecule has 0 fully saturated rings. The summed E-state index contributed by atoms with van der Waals surface area (Å²) in [6, 6.07) is -1.85. The molecule has 0 rings (SSSR count). The summed E-state index contributed by atoms with van der Waals surface area (Å²) in [5.41, 5.74) is 14.7. The molecule has 0 radical (unpaired) electrons. The van der Waals surface area contributed by atoms with Crippen molar-refractivity contribution in [3.63, 3.8) is 0 Å². The van der Waals surface area contributed by atoms with E-state index in [1.807, 2.05) is 0 Å². The molecule has 0 heterocycles. The van der Waals surface area contributed by atoms with Crippen molar-refractivity contribution in [2.75, 3.05) is 11.5 Å². The average molecular weight is 327 g/mol. The Bertz CT molecular complexity index is 332. The van der Waals surface area contributed by atoms with E-state index in [0.717, 1.165) is 0 Å². The largest absolute Gasteiger partial charge is 0.480 e. The molecule has 0 aliphatic rings. The Morgan fingerprint density at radius 3 is 1.35 bits per heavy atom. The lowest BCUT2D eigenvalue weighted by molar-refractivity contribution is -0.138. The third kappa shape index (κ3) is 13.0. The number of hydrogen-bond acceptors (Lipinski definition) is 8. The van der Waals surface area contributed by atoms with Crippen LogP contribution in [0.5, 0.6) is 0 Å². The zero-order chi connectivity index (χ0) is 16.3. The molecule has 0 spiro atoms. The molecule has 0 aromatic heterocycles. The highest BCUT2D eigenvalue weighted by molar-refractivity contribution is 8.76. The van der Waals surface area contributed by atoms with Gasteiger partial charge in [-0.1, -0.05) is 28.2 Å². The molecule has 20 heavy (non-hydrogen) atoms. The van der Waals surface area contributed by atoms with Gasteiger partial charge in [0.05, 0.1) is 0 Å². The highest BCUT2D eigenvalue weighted by Crippen LogP contribution is 2.22. The topological polar surface area (TPSA) is 190 Å². The predicted octanol–water partition coefficient (Wildman–Crippen LogP) is -1.26. The summed E-state index contributed by atoms with van der Waals surface area (Å²) in [7, 11) is 2.41. The van der Waals surface area contributed by atoms with Gasteiger partial charge in [-0.15, -0.1) is 0 Å².